The van der Waals surface area contributed by atoms with E-state index in [1.54, 1.807) is 22.8 Å². The van der Waals surface area contributed by atoms with Gasteiger partial charge in [0.15, 0.2) is 0 Å². The Morgan fingerprint density at radius 3 is 2.68 bits per heavy atom. The Bertz CT molecular complexity index is 599. The molecule has 0 aliphatic heterocycles. The molecule has 1 heterocycles. The lowest BCUT2D eigenvalue weighted by molar-refractivity contribution is 0.00997. The predicted octanol–water partition coefficient (Wildman–Crippen LogP) is 3.77. The molecule has 1 aromatic carbocycles. The number of carboxylic acid groups (broad SMARTS) is 1. The van der Waals surface area contributed by atoms with Gasteiger partial charge in [-0.2, -0.15) is 0 Å². The van der Waals surface area contributed by atoms with E-state index in [0.29, 0.717) is 0 Å². The van der Waals surface area contributed by atoms with Crippen LogP contribution in [-0.2, 0) is 6.54 Å². The smallest absolute Gasteiger partial charge is 0.352 e. The zero-order chi connectivity index (χ0) is 14.0. The van der Waals surface area contributed by atoms with Crippen LogP contribution in [-0.4, -0.2) is 21.6 Å². The van der Waals surface area contributed by atoms with E-state index in [0.717, 1.165) is 17.8 Å². The van der Waals surface area contributed by atoms with Gasteiger partial charge in [-0.1, -0.05) is 18.2 Å². The highest BCUT2D eigenvalue weighted by Gasteiger charge is 2.21. The van der Waals surface area contributed by atoms with Gasteiger partial charge in [-0.05, 0) is 25.5 Å². The predicted molar refractivity (Wildman–Crippen MR) is 68.8 cm³/mol. The number of hydrogen-bond donors (Lipinski definition) is 1. The maximum absolute atomic E-state index is 12.8. The number of rotatable bonds is 5. The quantitative estimate of drug-likeness (QED) is 0.895. The van der Waals surface area contributed by atoms with Crippen LogP contribution in [0.3, 0.4) is 0 Å². The van der Waals surface area contributed by atoms with Crippen LogP contribution < -0.4 is 0 Å². The highest BCUT2D eigenvalue weighted by atomic mass is 19.3. The number of carboxylic acids is 1. The molecule has 1 aromatic heterocycles. The second kappa shape index (κ2) is 4.99. The molecule has 0 amide bonds. The zero-order valence-corrected chi connectivity index (χ0v) is 10.6. The molecule has 0 aliphatic carbocycles. The molecule has 0 atom stereocenters. The summed E-state index contributed by atoms with van der Waals surface area (Å²) in [7, 11) is 0. The summed E-state index contributed by atoms with van der Waals surface area (Å²) in [5.74, 6) is -3.76. The fourth-order valence-electron chi connectivity index (χ4n) is 2.18. The van der Waals surface area contributed by atoms with Crippen molar-refractivity contribution in [3.8, 4) is 0 Å². The highest BCUT2D eigenvalue weighted by Crippen LogP contribution is 2.23. The fourth-order valence-corrected chi connectivity index (χ4v) is 2.18. The summed E-state index contributed by atoms with van der Waals surface area (Å²) in [6.45, 7) is 1.15. The van der Waals surface area contributed by atoms with E-state index in [4.69, 9.17) is 5.11 Å². The fraction of sp³-hybridized carbons (Fsp3) is 0.357. The van der Waals surface area contributed by atoms with Gasteiger partial charge in [0, 0.05) is 23.9 Å². The van der Waals surface area contributed by atoms with Gasteiger partial charge in [0.25, 0.3) is 0 Å². The normalized spacial score (nSPS) is 11.9. The third-order valence-corrected chi connectivity index (χ3v) is 3.03. The first kappa shape index (κ1) is 13.5. The van der Waals surface area contributed by atoms with Crippen molar-refractivity contribution in [1.82, 2.24) is 4.57 Å². The summed E-state index contributed by atoms with van der Waals surface area (Å²) in [6.07, 6.45) is -0.0129. The summed E-state index contributed by atoms with van der Waals surface area (Å²) in [6, 6.07) is 8.80. The van der Waals surface area contributed by atoms with Crippen molar-refractivity contribution < 1.29 is 18.7 Å². The number of para-hydroxylation sites is 1. The van der Waals surface area contributed by atoms with E-state index in [1.165, 1.54) is 0 Å². The molecular weight excluding hydrogens is 252 g/mol. The molecule has 5 heteroatoms. The number of aromatic nitrogens is 1. The van der Waals surface area contributed by atoms with Crippen molar-refractivity contribution in [3.05, 3.63) is 36.0 Å². The molecule has 0 fully saturated rings. The number of carbonyl (C=O) groups is 1. The number of benzene rings is 1. The average molecular weight is 267 g/mol. The first-order valence-corrected chi connectivity index (χ1v) is 6.08. The minimum Gasteiger partial charge on any atom is -0.477 e. The maximum Gasteiger partial charge on any atom is 0.352 e. The van der Waals surface area contributed by atoms with Crippen LogP contribution in [0.5, 0.6) is 0 Å². The van der Waals surface area contributed by atoms with E-state index in [2.05, 4.69) is 0 Å². The first-order chi connectivity index (χ1) is 8.88. The second-order valence-corrected chi connectivity index (χ2v) is 4.72. The summed E-state index contributed by atoms with van der Waals surface area (Å²) < 4.78 is 27.2. The summed E-state index contributed by atoms with van der Waals surface area (Å²) in [5.41, 5.74) is 0.903. The molecule has 0 unspecified atom stereocenters. The van der Waals surface area contributed by atoms with Crippen molar-refractivity contribution in [1.29, 1.82) is 0 Å². The van der Waals surface area contributed by atoms with E-state index in [9.17, 15) is 13.6 Å². The van der Waals surface area contributed by atoms with E-state index < -0.39 is 11.9 Å². The topological polar surface area (TPSA) is 42.2 Å². The van der Waals surface area contributed by atoms with E-state index >= 15 is 0 Å². The Morgan fingerprint density at radius 1 is 1.37 bits per heavy atom. The summed E-state index contributed by atoms with van der Waals surface area (Å²) in [4.78, 5) is 11.2. The van der Waals surface area contributed by atoms with Crippen molar-refractivity contribution in [2.24, 2.45) is 0 Å². The van der Waals surface area contributed by atoms with Gasteiger partial charge in [-0.3, -0.25) is 0 Å². The van der Waals surface area contributed by atoms with Crippen LogP contribution in [0.15, 0.2) is 30.3 Å². The van der Waals surface area contributed by atoms with Crippen LogP contribution >= 0.6 is 0 Å². The molecular formula is C14H15F2NO2. The second-order valence-electron chi connectivity index (χ2n) is 4.72. The maximum atomic E-state index is 12.8. The van der Waals surface area contributed by atoms with Crippen molar-refractivity contribution in [2.45, 2.75) is 32.2 Å². The zero-order valence-electron chi connectivity index (χ0n) is 10.6. The lowest BCUT2D eigenvalue weighted by Gasteiger charge is -2.12. The minimum atomic E-state index is -2.72. The lowest BCUT2D eigenvalue weighted by atomic mass is 10.2. The first-order valence-electron chi connectivity index (χ1n) is 6.08. The average Bonchev–Trinajstić information content (AvgIpc) is 2.67. The molecule has 0 spiro atoms. The molecule has 2 aromatic rings. The number of hydrogen-bond acceptors (Lipinski definition) is 1. The number of fused-ring (bicyclic) bond motifs is 1. The van der Waals surface area contributed by atoms with Crippen LogP contribution in [0, 0.1) is 0 Å². The molecule has 19 heavy (non-hydrogen) atoms. The van der Waals surface area contributed by atoms with Gasteiger partial charge in [0.2, 0.25) is 5.92 Å². The summed E-state index contributed by atoms with van der Waals surface area (Å²) in [5, 5.41) is 9.97. The molecule has 2 rings (SSSR count). The van der Waals surface area contributed by atoms with Crippen LogP contribution in [0.4, 0.5) is 8.78 Å². The van der Waals surface area contributed by atoms with E-state index in [1.807, 2.05) is 12.1 Å². The number of alkyl halides is 2. The molecule has 1 N–H and O–H groups in total. The Balaban J connectivity index is 2.29. The third-order valence-electron chi connectivity index (χ3n) is 3.03. The van der Waals surface area contributed by atoms with Crippen molar-refractivity contribution >= 4 is 16.9 Å². The molecule has 0 saturated carbocycles. The Morgan fingerprint density at radius 2 is 2.05 bits per heavy atom. The van der Waals surface area contributed by atoms with Gasteiger partial charge in [-0.25, -0.2) is 13.6 Å². The van der Waals surface area contributed by atoms with Gasteiger partial charge in [0.1, 0.15) is 5.69 Å². The number of halogens is 2. The van der Waals surface area contributed by atoms with Crippen molar-refractivity contribution in [2.75, 3.05) is 0 Å². The van der Waals surface area contributed by atoms with E-state index in [-0.39, 0.29) is 25.1 Å². The van der Waals surface area contributed by atoms with Crippen LogP contribution in [0.1, 0.15) is 30.3 Å². The summed E-state index contributed by atoms with van der Waals surface area (Å²) >= 11 is 0. The van der Waals surface area contributed by atoms with Gasteiger partial charge >= 0.3 is 5.97 Å². The van der Waals surface area contributed by atoms with Crippen molar-refractivity contribution in [3.63, 3.8) is 0 Å². The molecule has 0 bridgehead atoms. The lowest BCUT2D eigenvalue weighted by Crippen LogP contribution is -2.13. The molecule has 3 nitrogen and oxygen atoms in total. The molecule has 0 saturated heterocycles. The Hall–Kier alpha value is -1.91. The Labute approximate surface area is 109 Å². The van der Waals surface area contributed by atoms with Gasteiger partial charge in [0.05, 0.1) is 0 Å². The standard InChI is InChI=1S/C14H15F2NO2/c1-14(15,16)7-4-8-17-11-6-3-2-5-10(11)9-12(17)13(18)19/h2-3,5-6,9H,4,7-8H2,1H3,(H,18,19). The molecule has 102 valence electrons. The SMILES string of the molecule is CC(F)(F)CCCn1c(C(=O)O)cc2ccccc21. The minimum absolute atomic E-state index is 0.139. The Kier molecular flexibility index (Phi) is 3.55. The third kappa shape index (κ3) is 3.10. The number of aryl methyl sites for hydroxylation is 1. The number of aromatic carboxylic acids is 1. The van der Waals surface area contributed by atoms with Gasteiger partial charge < -0.3 is 9.67 Å². The monoisotopic (exact) mass is 267 g/mol. The highest BCUT2D eigenvalue weighted by molar-refractivity contribution is 5.94. The largest absolute Gasteiger partial charge is 0.477 e. The van der Waals surface area contributed by atoms with Gasteiger partial charge in [-0.15, -0.1) is 0 Å². The molecule has 0 aliphatic rings. The number of nitrogens with zero attached hydrogens (tertiary/aromatic N) is 1. The molecule has 0 radical (unpaired) electrons. The van der Waals surface area contributed by atoms with Crippen LogP contribution in [0.25, 0.3) is 10.9 Å². The van der Waals surface area contributed by atoms with Crippen LogP contribution in [0.2, 0.25) is 0 Å².